The van der Waals surface area contributed by atoms with E-state index in [0.717, 1.165) is 39.4 Å². The number of nitrogen functional groups attached to an aromatic ring is 1. The highest BCUT2D eigenvalue weighted by Crippen LogP contribution is 2.36. The second-order valence-electron chi connectivity index (χ2n) is 5.94. The van der Waals surface area contributed by atoms with E-state index in [1.165, 1.54) is 0 Å². The van der Waals surface area contributed by atoms with Crippen LogP contribution in [0.5, 0.6) is 5.75 Å². The van der Waals surface area contributed by atoms with E-state index in [1.54, 1.807) is 11.8 Å². The van der Waals surface area contributed by atoms with Gasteiger partial charge in [-0.3, -0.25) is 4.68 Å². The summed E-state index contributed by atoms with van der Waals surface area (Å²) in [6.45, 7) is 0. The molecule has 0 amide bonds. The SMILES string of the molecule is COc1ccc(-c2nn(C)c(N)c2-c2nc3ccccc3n2C)cc1. The molecule has 0 radical (unpaired) electrons. The van der Waals surface area contributed by atoms with Gasteiger partial charge in [0.15, 0.2) is 0 Å². The molecule has 0 aliphatic heterocycles. The molecule has 0 unspecified atom stereocenters. The van der Waals surface area contributed by atoms with Crippen LogP contribution < -0.4 is 10.5 Å². The average molecular weight is 333 g/mol. The van der Waals surface area contributed by atoms with Gasteiger partial charge in [0.25, 0.3) is 0 Å². The van der Waals surface area contributed by atoms with Crippen LogP contribution in [-0.2, 0) is 14.1 Å². The lowest BCUT2D eigenvalue weighted by atomic mass is 10.1. The number of imidazole rings is 1. The third-order valence-electron chi connectivity index (χ3n) is 4.47. The Bertz CT molecular complexity index is 1060. The Balaban J connectivity index is 1.96. The highest BCUT2D eigenvalue weighted by molar-refractivity contribution is 5.90. The van der Waals surface area contributed by atoms with Gasteiger partial charge in [-0.2, -0.15) is 5.10 Å². The number of para-hydroxylation sites is 2. The van der Waals surface area contributed by atoms with Crippen molar-refractivity contribution in [3.63, 3.8) is 0 Å². The molecule has 0 bridgehead atoms. The van der Waals surface area contributed by atoms with Crippen LogP contribution in [0.15, 0.2) is 48.5 Å². The van der Waals surface area contributed by atoms with Crippen LogP contribution >= 0.6 is 0 Å². The van der Waals surface area contributed by atoms with Crippen LogP contribution in [0.25, 0.3) is 33.7 Å². The van der Waals surface area contributed by atoms with Crippen molar-refractivity contribution < 1.29 is 4.74 Å². The van der Waals surface area contributed by atoms with Gasteiger partial charge in [-0.1, -0.05) is 12.1 Å². The minimum absolute atomic E-state index is 0.587. The second-order valence-corrected chi connectivity index (χ2v) is 5.94. The highest BCUT2D eigenvalue weighted by atomic mass is 16.5. The molecule has 126 valence electrons. The summed E-state index contributed by atoms with van der Waals surface area (Å²) >= 11 is 0. The van der Waals surface area contributed by atoms with E-state index in [-0.39, 0.29) is 0 Å². The Morgan fingerprint density at radius 3 is 2.40 bits per heavy atom. The van der Waals surface area contributed by atoms with E-state index in [9.17, 15) is 0 Å². The summed E-state index contributed by atoms with van der Waals surface area (Å²) in [5, 5.41) is 4.62. The minimum atomic E-state index is 0.587. The van der Waals surface area contributed by atoms with Crippen LogP contribution in [0.1, 0.15) is 0 Å². The van der Waals surface area contributed by atoms with Crippen molar-refractivity contribution in [2.24, 2.45) is 14.1 Å². The summed E-state index contributed by atoms with van der Waals surface area (Å²) in [5.41, 5.74) is 10.9. The van der Waals surface area contributed by atoms with Crippen molar-refractivity contribution in [3.05, 3.63) is 48.5 Å². The summed E-state index contributed by atoms with van der Waals surface area (Å²) in [6, 6.07) is 15.8. The maximum Gasteiger partial charge on any atom is 0.146 e. The fourth-order valence-corrected chi connectivity index (χ4v) is 3.08. The molecule has 6 nitrogen and oxygen atoms in total. The Kier molecular flexibility index (Phi) is 3.46. The lowest BCUT2D eigenvalue weighted by Crippen LogP contribution is -2.00. The summed E-state index contributed by atoms with van der Waals surface area (Å²) in [5.74, 6) is 2.19. The van der Waals surface area contributed by atoms with Gasteiger partial charge in [0.1, 0.15) is 23.1 Å². The monoisotopic (exact) mass is 333 g/mol. The normalized spacial score (nSPS) is 11.2. The van der Waals surface area contributed by atoms with Crippen molar-refractivity contribution in [1.29, 1.82) is 0 Å². The van der Waals surface area contributed by atoms with Crippen LogP contribution in [0.3, 0.4) is 0 Å². The third-order valence-corrected chi connectivity index (χ3v) is 4.47. The highest BCUT2D eigenvalue weighted by Gasteiger charge is 2.22. The van der Waals surface area contributed by atoms with Crippen molar-refractivity contribution in [3.8, 4) is 28.4 Å². The molecule has 2 aromatic heterocycles. The van der Waals surface area contributed by atoms with Crippen molar-refractivity contribution in [2.75, 3.05) is 12.8 Å². The summed E-state index contributed by atoms with van der Waals surface area (Å²) in [7, 11) is 5.49. The van der Waals surface area contributed by atoms with Gasteiger partial charge in [-0.15, -0.1) is 0 Å². The molecule has 4 aromatic rings. The zero-order chi connectivity index (χ0) is 17.6. The fourth-order valence-electron chi connectivity index (χ4n) is 3.08. The first kappa shape index (κ1) is 15.3. The molecule has 0 aliphatic rings. The number of hydrogen-bond donors (Lipinski definition) is 1. The van der Waals surface area contributed by atoms with Gasteiger partial charge in [0, 0.05) is 19.7 Å². The number of nitrogens with zero attached hydrogens (tertiary/aromatic N) is 4. The molecule has 2 heterocycles. The van der Waals surface area contributed by atoms with Crippen LogP contribution in [-0.4, -0.2) is 26.4 Å². The molecule has 0 saturated heterocycles. The van der Waals surface area contributed by atoms with Crippen LogP contribution in [0.4, 0.5) is 5.82 Å². The number of anilines is 1. The molecule has 4 rings (SSSR count). The third kappa shape index (κ3) is 2.34. The fraction of sp³-hybridized carbons (Fsp3) is 0.158. The number of aromatic nitrogens is 4. The number of benzene rings is 2. The van der Waals surface area contributed by atoms with Gasteiger partial charge in [0.05, 0.1) is 23.7 Å². The van der Waals surface area contributed by atoms with Crippen LogP contribution in [0.2, 0.25) is 0 Å². The van der Waals surface area contributed by atoms with E-state index in [4.69, 9.17) is 15.5 Å². The quantitative estimate of drug-likeness (QED) is 0.625. The molecule has 2 aromatic carbocycles. The smallest absolute Gasteiger partial charge is 0.146 e. The van der Waals surface area contributed by atoms with Gasteiger partial charge >= 0.3 is 0 Å². The zero-order valence-electron chi connectivity index (χ0n) is 14.4. The van der Waals surface area contributed by atoms with Gasteiger partial charge in [0.2, 0.25) is 0 Å². The van der Waals surface area contributed by atoms with Crippen LogP contribution in [0, 0.1) is 0 Å². The number of ether oxygens (including phenoxy) is 1. The molecule has 0 aliphatic carbocycles. The van der Waals surface area contributed by atoms with Crippen molar-refractivity contribution >= 4 is 16.9 Å². The maximum atomic E-state index is 6.34. The zero-order valence-corrected chi connectivity index (χ0v) is 14.4. The number of rotatable bonds is 3. The Labute approximate surface area is 145 Å². The Hall–Kier alpha value is -3.28. The van der Waals surface area contributed by atoms with E-state index < -0.39 is 0 Å². The van der Waals surface area contributed by atoms with Crippen molar-refractivity contribution in [1.82, 2.24) is 19.3 Å². The first-order valence-electron chi connectivity index (χ1n) is 7.99. The lowest BCUT2D eigenvalue weighted by Gasteiger charge is -2.06. The molecule has 6 heteroatoms. The predicted molar refractivity (Wildman–Crippen MR) is 99.3 cm³/mol. The summed E-state index contributed by atoms with van der Waals surface area (Å²) in [4.78, 5) is 4.78. The summed E-state index contributed by atoms with van der Waals surface area (Å²) in [6.07, 6.45) is 0. The molecule has 0 spiro atoms. The number of hydrogen-bond acceptors (Lipinski definition) is 4. The minimum Gasteiger partial charge on any atom is -0.497 e. The molecule has 2 N–H and O–H groups in total. The number of methoxy groups -OCH3 is 1. The second kappa shape index (κ2) is 5.66. The lowest BCUT2D eigenvalue weighted by molar-refractivity contribution is 0.415. The first-order valence-corrected chi connectivity index (χ1v) is 7.99. The largest absolute Gasteiger partial charge is 0.497 e. The van der Waals surface area contributed by atoms with E-state index in [2.05, 4.69) is 9.67 Å². The van der Waals surface area contributed by atoms with Gasteiger partial charge in [-0.05, 0) is 36.4 Å². The van der Waals surface area contributed by atoms with Gasteiger partial charge in [-0.25, -0.2) is 4.98 Å². The average Bonchev–Trinajstić information content (AvgIpc) is 3.12. The molecule has 0 saturated carbocycles. The predicted octanol–water partition coefficient (Wildman–Crippen LogP) is 3.23. The van der Waals surface area contributed by atoms with Gasteiger partial charge < -0.3 is 15.0 Å². The van der Waals surface area contributed by atoms with E-state index in [1.807, 2.05) is 62.6 Å². The number of fused-ring (bicyclic) bond motifs is 1. The van der Waals surface area contributed by atoms with E-state index >= 15 is 0 Å². The molecular weight excluding hydrogens is 314 g/mol. The Morgan fingerprint density at radius 2 is 1.72 bits per heavy atom. The first-order chi connectivity index (χ1) is 12.1. The molecular formula is C19H19N5O. The number of nitrogens with two attached hydrogens (primary N) is 1. The molecule has 0 atom stereocenters. The standard InChI is InChI=1S/C19H19N5O/c1-23-15-7-5-4-6-14(15)21-19(23)16-17(22-24(2)18(16)20)12-8-10-13(25-3)11-9-12/h4-11H,20H2,1-3H3. The molecule has 0 fully saturated rings. The maximum absolute atomic E-state index is 6.34. The number of aryl methyl sites for hydroxylation is 2. The summed E-state index contributed by atoms with van der Waals surface area (Å²) < 4.78 is 8.98. The van der Waals surface area contributed by atoms with Crippen molar-refractivity contribution in [2.45, 2.75) is 0 Å². The Morgan fingerprint density at radius 1 is 1.00 bits per heavy atom. The topological polar surface area (TPSA) is 70.9 Å². The molecule has 25 heavy (non-hydrogen) atoms. The van der Waals surface area contributed by atoms with E-state index in [0.29, 0.717) is 5.82 Å².